The Kier molecular flexibility index (Phi) is 2.50. The molecular formula is C11H15NO3. The van der Waals surface area contributed by atoms with Crippen LogP contribution in [0.25, 0.3) is 0 Å². The maximum absolute atomic E-state index is 11.3. The molecule has 1 aromatic rings. The largest absolute Gasteiger partial charge is 0.481 e. The maximum atomic E-state index is 11.3. The number of hydrogen-bond acceptors (Lipinski definition) is 3. The van der Waals surface area contributed by atoms with Crippen molar-refractivity contribution in [3.05, 3.63) is 18.0 Å². The number of aliphatic carboxylic acids is 1. The Bertz CT molecular complexity index is 347. The molecule has 0 bridgehead atoms. The van der Waals surface area contributed by atoms with Crippen LogP contribution >= 0.6 is 0 Å². The van der Waals surface area contributed by atoms with Crippen LogP contribution in [-0.4, -0.2) is 16.2 Å². The van der Waals surface area contributed by atoms with Gasteiger partial charge in [-0.2, -0.15) is 0 Å². The standard InChI is InChI=1S/C11H15NO3/c1-8-2-3-11(4-8,10(13)14)5-9-6-12-15-7-9/h6-8H,2-5H2,1H3,(H,13,14). The highest BCUT2D eigenvalue weighted by Gasteiger charge is 2.44. The second-order valence-corrected chi connectivity index (χ2v) is 4.64. The predicted molar refractivity (Wildman–Crippen MR) is 53.3 cm³/mol. The molecule has 82 valence electrons. The minimum atomic E-state index is -0.687. The fraction of sp³-hybridized carbons (Fsp3) is 0.636. The summed E-state index contributed by atoms with van der Waals surface area (Å²) in [6.45, 7) is 2.11. The summed E-state index contributed by atoms with van der Waals surface area (Å²) in [6.07, 6.45) is 6.19. The summed E-state index contributed by atoms with van der Waals surface area (Å²) in [7, 11) is 0. The zero-order valence-corrected chi connectivity index (χ0v) is 8.77. The average molecular weight is 209 g/mol. The van der Waals surface area contributed by atoms with E-state index < -0.39 is 11.4 Å². The first kappa shape index (κ1) is 10.2. The van der Waals surface area contributed by atoms with E-state index >= 15 is 0 Å². The molecule has 1 N–H and O–H groups in total. The summed E-state index contributed by atoms with van der Waals surface area (Å²) in [5.41, 5.74) is 0.289. The van der Waals surface area contributed by atoms with Gasteiger partial charge in [0.2, 0.25) is 0 Å². The molecule has 0 aromatic carbocycles. The molecule has 1 aliphatic carbocycles. The Labute approximate surface area is 88.3 Å². The first-order chi connectivity index (χ1) is 7.12. The summed E-state index contributed by atoms with van der Waals surface area (Å²) in [4.78, 5) is 11.3. The number of carboxylic acid groups (broad SMARTS) is 1. The lowest BCUT2D eigenvalue weighted by Crippen LogP contribution is -2.30. The normalized spacial score (nSPS) is 30.6. The Hall–Kier alpha value is -1.32. The van der Waals surface area contributed by atoms with Crippen molar-refractivity contribution < 1.29 is 14.4 Å². The predicted octanol–water partition coefficient (Wildman–Crippen LogP) is 2.11. The van der Waals surface area contributed by atoms with Crippen molar-refractivity contribution in [2.24, 2.45) is 11.3 Å². The molecule has 1 fully saturated rings. The van der Waals surface area contributed by atoms with Crippen molar-refractivity contribution in [1.29, 1.82) is 0 Å². The molecule has 4 heteroatoms. The van der Waals surface area contributed by atoms with Gasteiger partial charge in [0.25, 0.3) is 0 Å². The Morgan fingerprint density at radius 1 is 1.80 bits per heavy atom. The molecule has 2 rings (SSSR count). The number of carboxylic acids is 1. The van der Waals surface area contributed by atoms with Gasteiger partial charge >= 0.3 is 5.97 Å². The Morgan fingerprint density at radius 3 is 3.07 bits per heavy atom. The van der Waals surface area contributed by atoms with Gasteiger partial charge in [0.15, 0.2) is 0 Å². The van der Waals surface area contributed by atoms with Crippen molar-refractivity contribution in [3.8, 4) is 0 Å². The van der Waals surface area contributed by atoms with Crippen molar-refractivity contribution in [2.75, 3.05) is 0 Å². The van der Waals surface area contributed by atoms with E-state index in [1.54, 1.807) is 6.20 Å². The monoisotopic (exact) mass is 209 g/mol. The second-order valence-electron chi connectivity index (χ2n) is 4.64. The zero-order valence-electron chi connectivity index (χ0n) is 8.77. The van der Waals surface area contributed by atoms with Crippen LogP contribution in [0.5, 0.6) is 0 Å². The Morgan fingerprint density at radius 2 is 2.60 bits per heavy atom. The first-order valence-electron chi connectivity index (χ1n) is 5.24. The lowest BCUT2D eigenvalue weighted by Gasteiger charge is -2.23. The van der Waals surface area contributed by atoms with Gasteiger partial charge in [-0.3, -0.25) is 4.79 Å². The molecule has 15 heavy (non-hydrogen) atoms. The van der Waals surface area contributed by atoms with Gasteiger partial charge in [0, 0.05) is 5.56 Å². The molecular weight excluding hydrogens is 194 g/mol. The highest BCUT2D eigenvalue weighted by atomic mass is 16.5. The summed E-state index contributed by atoms with van der Waals surface area (Å²) >= 11 is 0. The quantitative estimate of drug-likeness (QED) is 0.828. The Balaban J connectivity index is 2.17. The van der Waals surface area contributed by atoms with E-state index in [0.29, 0.717) is 12.3 Å². The number of carbonyl (C=O) groups is 1. The van der Waals surface area contributed by atoms with Crippen LogP contribution in [0.2, 0.25) is 0 Å². The van der Waals surface area contributed by atoms with E-state index in [0.717, 1.165) is 24.8 Å². The van der Waals surface area contributed by atoms with Crippen LogP contribution in [0.1, 0.15) is 31.7 Å². The van der Waals surface area contributed by atoms with Crippen molar-refractivity contribution in [3.63, 3.8) is 0 Å². The highest BCUT2D eigenvalue weighted by molar-refractivity contribution is 5.75. The van der Waals surface area contributed by atoms with Gasteiger partial charge in [0.1, 0.15) is 6.26 Å². The summed E-state index contributed by atoms with van der Waals surface area (Å²) in [5, 5.41) is 12.9. The number of rotatable bonds is 3. The summed E-state index contributed by atoms with van der Waals surface area (Å²) in [5.74, 6) is -0.186. The summed E-state index contributed by atoms with van der Waals surface area (Å²) in [6, 6.07) is 0. The molecule has 4 nitrogen and oxygen atoms in total. The van der Waals surface area contributed by atoms with Gasteiger partial charge in [-0.25, -0.2) is 0 Å². The highest BCUT2D eigenvalue weighted by Crippen LogP contribution is 2.44. The third kappa shape index (κ3) is 1.89. The SMILES string of the molecule is CC1CCC(Cc2cnoc2)(C(=O)O)C1. The van der Waals surface area contributed by atoms with Crippen LogP contribution in [0.15, 0.2) is 17.0 Å². The van der Waals surface area contributed by atoms with Gasteiger partial charge in [-0.1, -0.05) is 12.1 Å². The van der Waals surface area contributed by atoms with Crippen LogP contribution in [0.3, 0.4) is 0 Å². The number of nitrogens with zero attached hydrogens (tertiary/aromatic N) is 1. The molecule has 0 radical (unpaired) electrons. The zero-order chi connectivity index (χ0) is 10.9. The minimum absolute atomic E-state index is 0.501. The third-order valence-electron chi connectivity index (χ3n) is 3.33. The average Bonchev–Trinajstić information content (AvgIpc) is 2.77. The maximum Gasteiger partial charge on any atom is 0.309 e. The summed E-state index contributed by atoms with van der Waals surface area (Å²) < 4.78 is 4.73. The fourth-order valence-electron chi connectivity index (χ4n) is 2.53. The van der Waals surface area contributed by atoms with Crippen molar-refractivity contribution in [2.45, 2.75) is 32.6 Å². The fourth-order valence-corrected chi connectivity index (χ4v) is 2.53. The smallest absolute Gasteiger partial charge is 0.309 e. The van der Waals surface area contributed by atoms with E-state index in [2.05, 4.69) is 12.1 Å². The van der Waals surface area contributed by atoms with E-state index in [1.165, 1.54) is 6.26 Å². The molecule has 2 unspecified atom stereocenters. The topological polar surface area (TPSA) is 63.3 Å². The van der Waals surface area contributed by atoms with Crippen LogP contribution in [0, 0.1) is 11.3 Å². The molecule has 1 aromatic heterocycles. The van der Waals surface area contributed by atoms with E-state index in [4.69, 9.17) is 4.52 Å². The first-order valence-corrected chi connectivity index (χ1v) is 5.24. The van der Waals surface area contributed by atoms with Crippen LogP contribution in [-0.2, 0) is 11.2 Å². The van der Waals surface area contributed by atoms with E-state index in [-0.39, 0.29) is 0 Å². The van der Waals surface area contributed by atoms with Crippen LogP contribution in [0.4, 0.5) is 0 Å². The molecule has 0 amide bonds. The molecule has 0 aliphatic heterocycles. The van der Waals surface area contributed by atoms with Crippen molar-refractivity contribution in [1.82, 2.24) is 5.16 Å². The van der Waals surface area contributed by atoms with Gasteiger partial charge in [0.05, 0.1) is 11.6 Å². The number of aromatic nitrogens is 1. The van der Waals surface area contributed by atoms with Gasteiger partial charge in [-0.15, -0.1) is 0 Å². The molecule has 1 aliphatic rings. The van der Waals surface area contributed by atoms with E-state index in [1.807, 2.05) is 0 Å². The van der Waals surface area contributed by atoms with Crippen molar-refractivity contribution >= 4 is 5.97 Å². The third-order valence-corrected chi connectivity index (χ3v) is 3.33. The molecule has 1 saturated carbocycles. The van der Waals surface area contributed by atoms with E-state index in [9.17, 15) is 9.90 Å². The van der Waals surface area contributed by atoms with Gasteiger partial charge < -0.3 is 9.63 Å². The van der Waals surface area contributed by atoms with Crippen LogP contribution < -0.4 is 0 Å². The molecule has 2 atom stereocenters. The second kappa shape index (κ2) is 3.68. The van der Waals surface area contributed by atoms with Gasteiger partial charge in [-0.05, 0) is 31.6 Å². The molecule has 1 heterocycles. The number of hydrogen-bond donors (Lipinski definition) is 1. The lowest BCUT2D eigenvalue weighted by atomic mass is 9.80. The molecule has 0 saturated heterocycles. The minimum Gasteiger partial charge on any atom is -0.481 e. The molecule has 0 spiro atoms. The lowest BCUT2D eigenvalue weighted by molar-refractivity contribution is -0.148.